The van der Waals surface area contributed by atoms with Gasteiger partial charge in [0.25, 0.3) is 0 Å². The fourth-order valence-electron chi connectivity index (χ4n) is 5.67. The smallest absolute Gasteiger partial charge is 0.410 e. The molecule has 1 aliphatic rings. The minimum Gasteiger partial charge on any atom is -0.479 e. The summed E-state index contributed by atoms with van der Waals surface area (Å²) in [6.45, 7) is 26.4. The Hall–Kier alpha value is -4.07. The summed E-state index contributed by atoms with van der Waals surface area (Å²) < 4.78 is 36.9. The Bertz CT molecular complexity index is 1970. The molecule has 5 heterocycles. The van der Waals surface area contributed by atoms with E-state index in [0.717, 1.165) is 29.7 Å². The molecule has 5 rings (SSSR count). The molecule has 0 aliphatic carbocycles. The first-order valence-electron chi connectivity index (χ1n) is 18.2. The van der Waals surface area contributed by atoms with E-state index in [9.17, 15) is 9.18 Å². The van der Waals surface area contributed by atoms with Crippen LogP contribution in [0.3, 0.4) is 0 Å². The van der Waals surface area contributed by atoms with Crippen molar-refractivity contribution in [2.24, 2.45) is 0 Å². The molecule has 0 bridgehead atoms. The summed E-state index contributed by atoms with van der Waals surface area (Å²) in [6.07, 6.45) is 5.39. The Balaban J connectivity index is 1.52. The molecule has 0 unspecified atom stereocenters. The molecule has 11 nitrogen and oxygen atoms in total. The zero-order valence-electron chi connectivity index (χ0n) is 33.3. The molecule has 0 saturated carbocycles. The van der Waals surface area contributed by atoms with E-state index in [1.165, 1.54) is 12.3 Å². The van der Waals surface area contributed by atoms with Crippen molar-refractivity contribution in [1.82, 2.24) is 34.5 Å². The lowest BCUT2D eigenvalue weighted by molar-refractivity contribution is 0.0183. The van der Waals surface area contributed by atoms with Crippen LogP contribution in [0.2, 0.25) is 23.2 Å². The van der Waals surface area contributed by atoms with Crippen LogP contribution < -0.4 is 4.74 Å². The van der Waals surface area contributed by atoms with Crippen LogP contribution in [-0.4, -0.2) is 83.7 Å². The van der Waals surface area contributed by atoms with E-state index in [2.05, 4.69) is 81.4 Å². The zero-order chi connectivity index (χ0) is 38.9. The van der Waals surface area contributed by atoms with Gasteiger partial charge in [0.2, 0.25) is 0 Å². The average Bonchev–Trinajstić information content (AvgIpc) is 3.64. The Morgan fingerprint density at radius 2 is 1.77 bits per heavy atom. The second-order valence-corrected chi connectivity index (χ2v) is 24.1. The summed E-state index contributed by atoms with van der Waals surface area (Å²) in [7, 11) is -1.76. The maximum atomic E-state index is 14.1. The summed E-state index contributed by atoms with van der Waals surface area (Å²) >= 11 is 0. The molecule has 4 aromatic heterocycles. The van der Waals surface area contributed by atoms with Crippen molar-refractivity contribution in [1.29, 1.82) is 0 Å². The Labute approximate surface area is 316 Å². The van der Waals surface area contributed by atoms with Crippen molar-refractivity contribution < 1.29 is 23.1 Å². The van der Waals surface area contributed by atoms with E-state index in [0.29, 0.717) is 45.3 Å². The molecule has 1 saturated heterocycles. The number of hydrogen-bond donors (Lipinski definition) is 0. The van der Waals surface area contributed by atoms with E-state index < -0.39 is 25.8 Å². The van der Waals surface area contributed by atoms with Crippen LogP contribution in [0.4, 0.5) is 9.18 Å². The fraction of sp³-hybridized carbons (Fsp3) is 0.564. The predicted octanol–water partition coefficient (Wildman–Crippen LogP) is 8.38. The number of aromatic nitrogens is 6. The molecule has 2 radical (unpaired) electrons. The van der Waals surface area contributed by atoms with Crippen molar-refractivity contribution in [2.45, 2.75) is 123 Å². The van der Waals surface area contributed by atoms with Crippen LogP contribution in [0.15, 0.2) is 36.8 Å². The molecule has 0 aromatic carbocycles. The molecule has 0 N–H and O–H groups in total. The van der Waals surface area contributed by atoms with Gasteiger partial charge in [0.05, 0.1) is 42.0 Å². The van der Waals surface area contributed by atoms with Gasteiger partial charge in [-0.15, -0.1) is 10.6 Å². The van der Waals surface area contributed by atoms with Crippen LogP contribution in [-0.2, 0) is 9.16 Å². The van der Waals surface area contributed by atoms with Gasteiger partial charge < -0.3 is 18.8 Å². The first-order valence-corrected chi connectivity index (χ1v) is 22.1. The third kappa shape index (κ3) is 9.93. The van der Waals surface area contributed by atoms with Gasteiger partial charge in [-0.1, -0.05) is 52.7 Å². The maximum absolute atomic E-state index is 14.1. The second kappa shape index (κ2) is 15.4. The number of rotatable bonds is 8. The van der Waals surface area contributed by atoms with Gasteiger partial charge in [0.15, 0.2) is 23.9 Å². The number of amides is 1. The highest BCUT2D eigenvalue weighted by molar-refractivity contribution is 6.74. The summed E-state index contributed by atoms with van der Waals surface area (Å²) in [5, 5.41) is 14.0. The van der Waals surface area contributed by atoms with Crippen LogP contribution >= 0.6 is 0 Å². The number of carbonyl (C=O) groups is 1. The topological polar surface area (TPSA) is 109 Å². The number of carbonyl (C=O) groups excluding carboxylic acids is 1. The standard InChI is InChI=1S/C39H54FN7O4Si2/c1-26-34(43-44-47(26)30-15-18-45(19-16-30)36(48)51-37(2,3)4)28-21-32(35-27(22-42-46(35)24-28)17-20-52-38(5,6)7)50-33(31-14-13-29(40)23-41-31)25-49-53(11,12)39(8,9)10/h13-14,21-24,30,33H,15-16,18-19,25H2,1-12H3/t33-/m1/s1. The number of likely N-dealkylation sites (tertiary alicyclic amines) is 1. The van der Waals surface area contributed by atoms with E-state index in [-0.39, 0.29) is 28.8 Å². The monoisotopic (exact) mass is 759 g/mol. The molecular formula is C39H54FN7O4Si2. The number of pyridine rings is 2. The normalized spacial score (nSPS) is 15.3. The lowest BCUT2D eigenvalue weighted by atomic mass is 10.0. The van der Waals surface area contributed by atoms with Gasteiger partial charge >= 0.3 is 6.09 Å². The molecule has 1 aliphatic heterocycles. The van der Waals surface area contributed by atoms with Gasteiger partial charge in [0.1, 0.15) is 28.4 Å². The molecule has 1 fully saturated rings. The number of ether oxygens (including phenoxy) is 2. The van der Waals surface area contributed by atoms with E-state index in [4.69, 9.17) is 19.0 Å². The molecule has 4 aromatic rings. The largest absolute Gasteiger partial charge is 0.479 e. The molecule has 0 spiro atoms. The molecule has 14 heteroatoms. The minimum atomic E-state index is -2.19. The molecular weight excluding hydrogens is 706 g/mol. The number of halogens is 1. The third-order valence-electron chi connectivity index (χ3n) is 9.63. The number of hydrogen-bond acceptors (Lipinski definition) is 8. The molecule has 1 atom stereocenters. The van der Waals surface area contributed by atoms with Gasteiger partial charge in [-0.3, -0.25) is 4.98 Å². The lowest BCUT2D eigenvalue weighted by Crippen LogP contribution is -2.42. The van der Waals surface area contributed by atoms with E-state index in [1.807, 2.05) is 44.6 Å². The number of piperidine rings is 1. The Kier molecular flexibility index (Phi) is 11.6. The molecule has 1 amide bonds. The van der Waals surface area contributed by atoms with Crippen LogP contribution in [0.25, 0.3) is 16.8 Å². The minimum absolute atomic E-state index is 0.0291. The predicted molar refractivity (Wildman–Crippen MR) is 208 cm³/mol. The van der Waals surface area contributed by atoms with E-state index in [1.54, 1.807) is 21.7 Å². The summed E-state index contributed by atoms with van der Waals surface area (Å²) in [6, 6.07) is 5.05. The third-order valence-corrected chi connectivity index (χ3v) is 15.1. The van der Waals surface area contributed by atoms with Crippen LogP contribution in [0, 0.1) is 24.2 Å². The summed E-state index contributed by atoms with van der Waals surface area (Å²) in [5.41, 5.74) is 7.15. The van der Waals surface area contributed by atoms with Crippen LogP contribution in [0.5, 0.6) is 5.75 Å². The van der Waals surface area contributed by atoms with Gasteiger partial charge in [-0.2, -0.15) is 5.10 Å². The van der Waals surface area contributed by atoms with Gasteiger partial charge in [-0.25, -0.2) is 18.4 Å². The highest BCUT2D eigenvalue weighted by Gasteiger charge is 2.38. The highest BCUT2D eigenvalue weighted by Crippen LogP contribution is 2.39. The maximum Gasteiger partial charge on any atom is 0.410 e. The Morgan fingerprint density at radius 3 is 2.38 bits per heavy atom. The van der Waals surface area contributed by atoms with Crippen LogP contribution in [0.1, 0.15) is 104 Å². The van der Waals surface area contributed by atoms with Crippen molar-refractivity contribution in [2.75, 3.05) is 19.7 Å². The molecule has 284 valence electrons. The number of nitrogens with zero attached hydrogens (tertiary/aromatic N) is 7. The van der Waals surface area contributed by atoms with Crippen molar-refractivity contribution in [3.05, 3.63) is 59.6 Å². The first-order chi connectivity index (χ1) is 24.6. The van der Waals surface area contributed by atoms with E-state index >= 15 is 0 Å². The number of fused-ring (bicyclic) bond motifs is 1. The quantitative estimate of drug-likeness (QED) is 0.130. The van der Waals surface area contributed by atoms with Crippen molar-refractivity contribution in [3.63, 3.8) is 0 Å². The highest BCUT2D eigenvalue weighted by atomic mass is 28.4. The SMILES string of the molecule is Cc1c(-c2cc(O[C@H](CO[Si](C)(C)C(C)(C)C)c3ccc(F)cn3)c3c(C#C[Si]C(C)(C)C)cnn3c2)nnn1C1CCN(C(=O)OC(C)(C)C)CC1. The fourth-order valence-corrected chi connectivity index (χ4v) is 7.24. The zero-order valence-corrected chi connectivity index (χ0v) is 35.3. The second-order valence-electron chi connectivity index (χ2n) is 17.3. The van der Waals surface area contributed by atoms with Crippen molar-refractivity contribution in [3.8, 4) is 28.5 Å². The van der Waals surface area contributed by atoms with Crippen molar-refractivity contribution >= 4 is 29.4 Å². The average molecular weight is 760 g/mol. The first kappa shape index (κ1) is 40.1. The molecule has 53 heavy (non-hydrogen) atoms. The van der Waals surface area contributed by atoms with Gasteiger partial charge in [-0.05, 0) is 81.9 Å². The van der Waals surface area contributed by atoms with Gasteiger partial charge in [0, 0.05) is 24.8 Å². The summed E-state index contributed by atoms with van der Waals surface area (Å²) in [4.78, 5) is 18.9. The summed E-state index contributed by atoms with van der Waals surface area (Å²) in [5.74, 6) is 3.44. The Morgan fingerprint density at radius 1 is 1.08 bits per heavy atom. The lowest BCUT2D eigenvalue weighted by Gasteiger charge is -2.37.